The molecule has 170 valence electrons. The summed E-state index contributed by atoms with van der Waals surface area (Å²) in [6.45, 7) is 7.47. The molecule has 2 atom stereocenters. The molecule has 0 fully saturated rings. The third kappa shape index (κ3) is 3.73. The third-order valence-electron chi connectivity index (χ3n) is 6.42. The van der Waals surface area contributed by atoms with E-state index in [1.807, 2.05) is 39.8 Å². The Morgan fingerprint density at radius 2 is 2.03 bits per heavy atom. The average Bonchev–Trinajstić information content (AvgIpc) is 2.82. The van der Waals surface area contributed by atoms with E-state index in [1.54, 1.807) is 30.6 Å². The van der Waals surface area contributed by atoms with Crippen LogP contribution in [-0.4, -0.2) is 40.5 Å². The van der Waals surface area contributed by atoms with Crippen LogP contribution in [0, 0.1) is 20.8 Å². The van der Waals surface area contributed by atoms with E-state index in [-0.39, 0.29) is 24.8 Å². The summed E-state index contributed by atoms with van der Waals surface area (Å²) in [5.74, 6) is -0.847. The Bertz CT molecular complexity index is 1210. The van der Waals surface area contributed by atoms with Gasteiger partial charge in [-0.05, 0) is 74.6 Å². The summed E-state index contributed by atoms with van der Waals surface area (Å²) < 4.78 is 11.5. The zero-order chi connectivity index (χ0) is 23.8. The third-order valence-corrected chi connectivity index (χ3v) is 6.42. The van der Waals surface area contributed by atoms with Gasteiger partial charge in [-0.3, -0.25) is 14.8 Å². The molecule has 0 aliphatic carbocycles. The zero-order valence-electron chi connectivity index (χ0n) is 19.1. The number of aromatic nitrogens is 1. The highest BCUT2D eigenvalue weighted by Crippen LogP contribution is 2.45. The molecule has 4 rings (SSSR count). The first-order valence-electron chi connectivity index (χ1n) is 10.8. The molecule has 7 nitrogen and oxygen atoms in total. The lowest BCUT2D eigenvalue weighted by Crippen LogP contribution is -2.48. The van der Waals surface area contributed by atoms with E-state index in [9.17, 15) is 14.7 Å². The Balaban J connectivity index is 1.80. The van der Waals surface area contributed by atoms with Crippen molar-refractivity contribution in [1.82, 2.24) is 4.98 Å². The first kappa shape index (κ1) is 22.5. The van der Waals surface area contributed by atoms with Gasteiger partial charge >= 0.3 is 11.9 Å². The van der Waals surface area contributed by atoms with Crippen molar-refractivity contribution in [2.24, 2.45) is 4.99 Å². The first-order chi connectivity index (χ1) is 15.8. The molecule has 0 bridgehead atoms. The van der Waals surface area contributed by atoms with Gasteiger partial charge in [0, 0.05) is 24.2 Å². The Hall–Kier alpha value is -3.74. The molecule has 0 saturated heterocycles. The van der Waals surface area contributed by atoms with Gasteiger partial charge in [0.15, 0.2) is 0 Å². The highest BCUT2D eigenvalue weighted by atomic mass is 16.5. The molecule has 0 spiro atoms. The average molecular weight is 447 g/mol. The summed E-state index contributed by atoms with van der Waals surface area (Å²) in [5.41, 5.74) is 3.17. The van der Waals surface area contributed by atoms with E-state index >= 15 is 0 Å². The minimum Gasteiger partial charge on any atom is -0.486 e. The molecule has 2 aromatic rings. The molecule has 2 aliphatic rings. The molecular weight excluding hydrogens is 420 g/mol. The smallest absolute Gasteiger partial charge is 0.340 e. The van der Waals surface area contributed by atoms with Crippen molar-refractivity contribution in [2.45, 2.75) is 45.6 Å². The second kappa shape index (κ2) is 8.65. The number of pyridine rings is 1. The summed E-state index contributed by atoms with van der Waals surface area (Å²) in [4.78, 5) is 33.8. The number of allylic oxidation sites excluding steroid dienone is 1. The summed E-state index contributed by atoms with van der Waals surface area (Å²) in [5, 5.41) is 10.6. The molecule has 1 N–H and O–H groups in total. The van der Waals surface area contributed by atoms with E-state index in [0.29, 0.717) is 11.1 Å². The van der Waals surface area contributed by atoms with Crippen molar-refractivity contribution < 1.29 is 24.2 Å². The predicted molar refractivity (Wildman–Crippen MR) is 125 cm³/mol. The number of benzene rings is 1. The summed E-state index contributed by atoms with van der Waals surface area (Å²) in [6, 6.07) is 3.23. The highest BCUT2D eigenvalue weighted by Gasteiger charge is 2.49. The minimum atomic E-state index is -1.46. The summed E-state index contributed by atoms with van der Waals surface area (Å²) in [6.07, 6.45) is 10.4. The van der Waals surface area contributed by atoms with Crippen LogP contribution in [0.4, 0.5) is 0 Å². The van der Waals surface area contributed by atoms with Crippen LogP contribution in [0.1, 0.15) is 51.5 Å². The number of nitrogens with zero attached hydrogens (tertiary/aromatic N) is 2. The number of aliphatic carboxylic acids is 1. The van der Waals surface area contributed by atoms with E-state index in [0.717, 1.165) is 28.0 Å². The Kier molecular flexibility index (Phi) is 5.89. The number of carbonyl (C=O) groups excluding carboxylic acids is 1. The standard InChI is InChI=1S/C26H26N2O5/c1-15-8-9-20-18(4)22(16(2)17(3)23(20)33-15)26(25(30)31)10-6-12-28-21(26)14-32-24(29)19-7-5-11-27-13-19/h5-9,11-13,15H,10,14H2,1-4H3,(H,30,31). The van der Waals surface area contributed by atoms with Crippen molar-refractivity contribution in [3.05, 3.63) is 76.3 Å². The van der Waals surface area contributed by atoms with Crippen LogP contribution in [-0.2, 0) is 14.9 Å². The molecule has 3 heterocycles. The van der Waals surface area contributed by atoms with Crippen LogP contribution in [0.5, 0.6) is 5.75 Å². The van der Waals surface area contributed by atoms with Crippen molar-refractivity contribution in [1.29, 1.82) is 0 Å². The van der Waals surface area contributed by atoms with Gasteiger partial charge in [0.25, 0.3) is 0 Å². The second-order valence-corrected chi connectivity index (χ2v) is 8.37. The maximum absolute atomic E-state index is 12.9. The fraction of sp³-hybridized carbons (Fsp3) is 0.308. The number of carboxylic acid groups (broad SMARTS) is 1. The number of ether oxygens (including phenoxy) is 2. The van der Waals surface area contributed by atoms with Gasteiger partial charge in [-0.2, -0.15) is 0 Å². The van der Waals surface area contributed by atoms with Crippen LogP contribution in [0.25, 0.3) is 6.08 Å². The number of aliphatic imine (C=N–C) groups is 1. The number of rotatable bonds is 5. The summed E-state index contributed by atoms with van der Waals surface area (Å²) in [7, 11) is 0. The van der Waals surface area contributed by atoms with Crippen molar-refractivity contribution in [3.63, 3.8) is 0 Å². The monoisotopic (exact) mass is 446 g/mol. The number of fused-ring (bicyclic) bond motifs is 1. The molecular formula is C26H26N2O5. The van der Waals surface area contributed by atoms with E-state index < -0.39 is 17.4 Å². The van der Waals surface area contributed by atoms with Gasteiger partial charge < -0.3 is 14.6 Å². The summed E-state index contributed by atoms with van der Waals surface area (Å²) >= 11 is 0. The predicted octanol–water partition coefficient (Wildman–Crippen LogP) is 4.34. The number of carbonyl (C=O) groups is 2. The van der Waals surface area contributed by atoms with Gasteiger partial charge in [-0.15, -0.1) is 0 Å². The van der Waals surface area contributed by atoms with Crippen LogP contribution < -0.4 is 4.74 Å². The van der Waals surface area contributed by atoms with Crippen LogP contribution in [0.15, 0.2) is 47.9 Å². The Morgan fingerprint density at radius 1 is 1.24 bits per heavy atom. The fourth-order valence-corrected chi connectivity index (χ4v) is 4.62. The van der Waals surface area contributed by atoms with Crippen LogP contribution in [0.3, 0.4) is 0 Å². The van der Waals surface area contributed by atoms with Gasteiger partial charge in [-0.1, -0.05) is 12.2 Å². The van der Waals surface area contributed by atoms with Gasteiger partial charge in [0.1, 0.15) is 23.9 Å². The van der Waals surface area contributed by atoms with Crippen molar-refractivity contribution in [3.8, 4) is 5.75 Å². The lowest BCUT2D eigenvalue weighted by atomic mass is 9.68. The topological polar surface area (TPSA) is 98.1 Å². The number of esters is 1. The maximum Gasteiger partial charge on any atom is 0.340 e. The van der Waals surface area contributed by atoms with Crippen molar-refractivity contribution in [2.75, 3.05) is 6.61 Å². The molecule has 0 saturated carbocycles. The fourth-order valence-electron chi connectivity index (χ4n) is 4.62. The van der Waals surface area contributed by atoms with E-state index in [2.05, 4.69) is 9.98 Å². The number of hydrogen-bond acceptors (Lipinski definition) is 6. The Morgan fingerprint density at radius 3 is 2.73 bits per heavy atom. The molecule has 33 heavy (non-hydrogen) atoms. The molecule has 0 amide bonds. The molecule has 1 aromatic carbocycles. The zero-order valence-corrected chi connectivity index (χ0v) is 19.1. The normalized spacial score (nSPS) is 21.1. The second-order valence-electron chi connectivity index (χ2n) is 8.37. The van der Waals surface area contributed by atoms with Gasteiger partial charge in [0.05, 0.1) is 11.3 Å². The lowest BCUT2D eigenvalue weighted by molar-refractivity contribution is -0.141. The Labute approximate surface area is 192 Å². The molecule has 2 unspecified atom stereocenters. The molecule has 0 radical (unpaired) electrons. The van der Waals surface area contributed by atoms with Crippen LogP contribution >= 0.6 is 0 Å². The minimum absolute atomic E-state index is 0.0593. The first-order valence-corrected chi connectivity index (χ1v) is 10.8. The van der Waals surface area contributed by atoms with E-state index in [1.165, 1.54) is 6.20 Å². The largest absolute Gasteiger partial charge is 0.486 e. The quantitative estimate of drug-likeness (QED) is 0.686. The van der Waals surface area contributed by atoms with Gasteiger partial charge in [0.2, 0.25) is 0 Å². The lowest BCUT2D eigenvalue weighted by Gasteiger charge is -2.37. The number of hydrogen-bond donors (Lipinski definition) is 1. The molecule has 7 heteroatoms. The number of carboxylic acids is 1. The van der Waals surface area contributed by atoms with Crippen LogP contribution in [0.2, 0.25) is 0 Å². The molecule has 2 aliphatic heterocycles. The van der Waals surface area contributed by atoms with Crippen molar-refractivity contribution >= 4 is 23.7 Å². The molecule has 1 aromatic heterocycles. The van der Waals surface area contributed by atoms with E-state index in [4.69, 9.17) is 9.47 Å². The maximum atomic E-state index is 12.9. The van der Waals surface area contributed by atoms with Gasteiger partial charge in [-0.25, -0.2) is 4.79 Å². The SMILES string of the molecule is Cc1c(C)c(C2(C(=O)O)CC=CN=C2COC(=O)c2cccnc2)c(C)c2c1OC(C)C=C2. The highest BCUT2D eigenvalue weighted by molar-refractivity contribution is 6.14.